The molecule has 6 heteroatoms. The lowest BCUT2D eigenvalue weighted by Crippen LogP contribution is -2.47. The summed E-state index contributed by atoms with van der Waals surface area (Å²) in [6, 6.07) is -0.0616. The predicted octanol–water partition coefficient (Wildman–Crippen LogP) is 1.82. The summed E-state index contributed by atoms with van der Waals surface area (Å²) in [6.07, 6.45) is 8.51. The maximum absolute atomic E-state index is 12.3. The molecule has 1 aromatic rings. The lowest BCUT2D eigenvalue weighted by molar-refractivity contribution is -0.122. The Labute approximate surface area is 120 Å². The molecule has 106 valence electrons. The van der Waals surface area contributed by atoms with E-state index in [1.54, 1.807) is 10.8 Å². The number of carbonyl (C=O) groups is 1. The molecule has 1 saturated heterocycles. The zero-order chi connectivity index (χ0) is 13.0. The highest BCUT2D eigenvalue weighted by Gasteiger charge is 2.28. The van der Waals surface area contributed by atoms with Crippen molar-refractivity contribution in [3.05, 3.63) is 25.0 Å². The number of hydrogen-bond donors (Lipinski definition) is 1. The molecule has 2 heterocycles. The molecule has 1 aliphatic rings. The minimum Gasteiger partial charge on any atom is -0.320 e. The summed E-state index contributed by atoms with van der Waals surface area (Å²) in [5.74, 6) is 0.634. The Morgan fingerprint density at radius 1 is 1.63 bits per heavy atom. The van der Waals surface area contributed by atoms with E-state index in [9.17, 15) is 4.79 Å². The van der Waals surface area contributed by atoms with Gasteiger partial charge in [-0.05, 0) is 19.4 Å². The van der Waals surface area contributed by atoms with Crippen LogP contribution in [0.4, 0.5) is 5.95 Å². The van der Waals surface area contributed by atoms with Crippen LogP contribution in [0.1, 0.15) is 19.3 Å². The molecule has 0 bridgehead atoms. The van der Waals surface area contributed by atoms with E-state index in [0.717, 1.165) is 32.4 Å². The number of carbonyl (C=O) groups excluding carboxylic acids is 1. The first kappa shape index (κ1) is 15.7. The molecule has 1 atom stereocenters. The van der Waals surface area contributed by atoms with Gasteiger partial charge in [0, 0.05) is 26.0 Å². The summed E-state index contributed by atoms with van der Waals surface area (Å²) in [5, 5.41) is 2.89. The van der Waals surface area contributed by atoms with Crippen molar-refractivity contribution in [2.75, 3.05) is 18.4 Å². The number of likely N-dealkylation sites (tertiary alicyclic amines) is 1. The molecule has 0 unspecified atom stereocenters. The monoisotopic (exact) mass is 284 g/mol. The van der Waals surface area contributed by atoms with Gasteiger partial charge < -0.3 is 4.57 Å². The molecule has 19 heavy (non-hydrogen) atoms. The average Bonchev–Trinajstić information content (AvgIpc) is 2.76. The van der Waals surface area contributed by atoms with Crippen molar-refractivity contribution in [1.29, 1.82) is 0 Å². The number of aryl methyl sites for hydroxylation is 1. The molecule has 0 aliphatic carbocycles. The summed E-state index contributed by atoms with van der Waals surface area (Å²) in [7, 11) is 1.87. The van der Waals surface area contributed by atoms with Crippen LogP contribution in [-0.4, -0.2) is 39.5 Å². The minimum absolute atomic E-state index is 0. The second-order valence-corrected chi connectivity index (χ2v) is 4.65. The zero-order valence-electron chi connectivity index (χ0n) is 11.2. The molecular formula is C13H21ClN4O. The number of halogens is 1. The van der Waals surface area contributed by atoms with Crippen LogP contribution < -0.4 is 5.32 Å². The third-order valence-electron chi connectivity index (χ3n) is 3.34. The molecule has 5 nitrogen and oxygen atoms in total. The molecule has 0 radical (unpaired) electrons. The molecule has 1 fully saturated rings. The minimum atomic E-state index is -0.0616. The maximum Gasteiger partial charge on any atom is 0.244 e. The van der Waals surface area contributed by atoms with Gasteiger partial charge >= 0.3 is 0 Å². The molecule has 0 spiro atoms. The smallest absolute Gasteiger partial charge is 0.244 e. The van der Waals surface area contributed by atoms with Gasteiger partial charge in [0.25, 0.3) is 0 Å². The Morgan fingerprint density at radius 2 is 2.42 bits per heavy atom. The summed E-state index contributed by atoms with van der Waals surface area (Å²) in [4.78, 5) is 18.6. The maximum atomic E-state index is 12.3. The van der Waals surface area contributed by atoms with E-state index in [1.165, 1.54) is 0 Å². The zero-order valence-corrected chi connectivity index (χ0v) is 12.0. The number of piperidine rings is 1. The Morgan fingerprint density at radius 3 is 3.05 bits per heavy atom. The molecule has 1 N–H and O–H groups in total. The van der Waals surface area contributed by atoms with Gasteiger partial charge in [-0.3, -0.25) is 15.0 Å². The lowest BCUT2D eigenvalue weighted by Gasteiger charge is -2.33. The van der Waals surface area contributed by atoms with Crippen molar-refractivity contribution in [3.8, 4) is 0 Å². The van der Waals surface area contributed by atoms with Gasteiger partial charge in [-0.15, -0.1) is 19.0 Å². The number of aromatic nitrogens is 2. The summed E-state index contributed by atoms with van der Waals surface area (Å²) < 4.78 is 1.80. The van der Waals surface area contributed by atoms with E-state index in [1.807, 2.05) is 19.3 Å². The van der Waals surface area contributed by atoms with Gasteiger partial charge in [-0.2, -0.15) is 0 Å². The van der Waals surface area contributed by atoms with Crippen LogP contribution in [0.3, 0.4) is 0 Å². The van der Waals surface area contributed by atoms with Gasteiger partial charge in [0.1, 0.15) is 0 Å². The molecule has 0 saturated carbocycles. The van der Waals surface area contributed by atoms with Gasteiger partial charge in [0.05, 0.1) is 6.04 Å². The van der Waals surface area contributed by atoms with E-state index < -0.39 is 0 Å². The van der Waals surface area contributed by atoms with Gasteiger partial charge in [0.2, 0.25) is 11.9 Å². The van der Waals surface area contributed by atoms with Gasteiger partial charge in [-0.25, -0.2) is 4.98 Å². The SMILES string of the molecule is C=CCN1CCCC[C@H]1C(=O)Nc1nccn1C.Cl. The van der Waals surface area contributed by atoms with Crippen molar-refractivity contribution < 1.29 is 4.79 Å². The van der Waals surface area contributed by atoms with Crippen molar-refractivity contribution in [1.82, 2.24) is 14.5 Å². The number of anilines is 1. The van der Waals surface area contributed by atoms with Crippen LogP contribution in [-0.2, 0) is 11.8 Å². The van der Waals surface area contributed by atoms with Crippen LogP contribution in [0.25, 0.3) is 0 Å². The van der Waals surface area contributed by atoms with E-state index in [0.29, 0.717) is 5.95 Å². The fourth-order valence-corrected chi connectivity index (χ4v) is 2.35. The van der Waals surface area contributed by atoms with Crippen molar-refractivity contribution in [3.63, 3.8) is 0 Å². The Balaban J connectivity index is 0.00000180. The first-order chi connectivity index (χ1) is 8.72. The molecule has 1 aromatic heterocycles. The second-order valence-electron chi connectivity index (χ2n) is 4.65. The normalized spacial score (nSPS) is 19.5. The highest BCUT2D eigenvalue weighted by Crippen LogP contribution is 2.18. The fourth-order valence-electron chi connectivity index (χ4n) is 2.35. The second kappa shape index (κ2) is 7.31. The summed E-state index contributed by atoms with van der Waals surface area (Å²) in [6.45, 7) is 5.47. The molecule has 1 amide bonds. The van der Waals surface area contributed by atoms with E-state index >= 15 is 0 Å². The summed E-state index contributed by atoms with van der Waals surface area (Å²) in [5.41, 5.74) is 0. The quantitative estimate of drug-likeness (QED) is 0.858. The van der Waals surface area contributed by atoms with Gasteiger partial charge in [-0.1, -0.05) is 12.5 Å². The van der Waals surface area contributed by atoms with Crippen molar-refractivity contribution >= 4 is 24.3 Å². The molecule has 2 rings (SSSR count). The number of imidazole rings is 1. The van der Waals surface area contributed by atoms with Crippen LogP contribution >= 0.6 is 12.4 Å². The largest absolute Gasteiger partial charge is 0.320 e. The fraction of sp³-hybridized carbons (Fsp3) is 0.538. The Hall–Kier alpha value is -1.33. The number of nitrogens with zero attached hydrogens (tertiary/aromatic N) is 3. The summed E-state index contributed by atoms with van der Waals surface area (Å²) >= 11 is 0. The van der Waals surface area contributed by atoms with Crippen LogP contribution in [0.2, 0.25) is 0 Å². The third kappa shape index (κ3) is 3.81. The van der Waals surface area contributed by atoms with Crippen molar-refractivity contribution in [2.24, 2.45) is 7.05 Å². The highest BCUT2D eigenvalue weighted by atomic mass is 35.5. The predicted molar refractivity (Wildman–Crippen MR) is 78.5 cm³/mol. The number of rotatable bonds is 4. The Bertz CT molecular complexity index is 432. The van der Waals surface area contributed by atoms with E-state index in [4.69, 9.17) is 0 Å². The number of amides is 1. The molecule has 1 aliphatic heterocycles. The van der Waals surface area contributed by atoms with Crippen molar-refractivity contribution in [2.45, 2.75) is 25.3 Å². The van der Waals surface area contributed by atoms with E-state index in [-0.39, 0.29) is 24.4 Å². The van der Waals surface area contributed by atoms with Crippen LogP contribution in [0.15, 0.2) is 25.0 Å². The highest BCUT2D eigenvalue weighted by molar-refractivity contribution is 5.93. The lowest BCUT2D eigenvalue weighted by atomic mass is 10.0. The van der Waals surface area contributed by atoms with E-state index in [2.05, 4.69) is 21.8 Å². The third-order valence-corrected chi connectivity index (χ3v) is 3.34. The molecular weight excluding hydrogens is 264 g/mol. The number of nitrogens with one attached hydrogen (secondary N) is 1. The van der Waals surface area contributed by atoms with Crippen LogP contribution in [0, 0.1) is 0 Å². The first-order valence-electron chi connectivity index (χ1n) is 6.35. The first-order valence-corrected chi connectivity index (χ1v) is 6.35. The number of hydrogen-bond acceptors (Lipinski definition) is 3. The standard InChI is InChI=1S/C13H20N4O.ClH/c1-3-8-17-9-5-4-6-11(17)12(18)15-13-14-7-10-16(13)2;/h3,7,10-11H,1,4-6,8-9H2,2H3,(H,14,15,18);1H/t11-;/m0./s1. The topological polar surface area (TPSA) is 50.2 Å². The molecule has 0 aromatic carbocycles. The average molecular weight is 285 g/mol. The van der Waals surface area contributed by atoms with Crippen LogP contribution in [0.5, 0.6) is 0 Å². The van der Waals surface area contributed by atoms with Gasteiger partial charge in [0.15, 0.2) is 0 Å². The Kier molecular flexibility index (Phi) is 6.05.